The second-order valence-corrected chi connectivity index (χ2v) is 10.1. The van der Waals surface area contributed by atoms with Gasteiger partial charge in [-0.1, -0.05) is 13.8 Å². The molecule has 2 heterocycles. The average Bonchev–Trinajstić information content (AvgIpc) is 3.38. The molecule has 192 valence electrons. The van der Waals surface area contributed by atoms with Gasteiger partial charge in [-0.2, -0.15) is 0 Å². The van der Waals surface area contributed by atoms with Gasteiger partial charge in [-0.25, -0.2) is 0 Å². The van der Waals surface area contributed by atoms with Crippen LogP contribution in [0.25, 0.3) is 0 Å². The number of amides is 3. The minimum Gasteiger partial charge on any atom is -0.391 e. The standard InChI is InChI=1S/C25H37N5O5/c1-14(2)12-18(27-23(33)16-6-8-17(9-7-16)28(4)5)24(34)29-11-10-19-22(29)20(32)13-30(19)25(35)21(26)15(3)31/h6-9,14-15,18-19,21-22,31H,10-13,26H2,1-5H3,(H,27,33)/t15-,18-,19?,21-,22-/m0/s1. The maximum Gasteiger partial charge on any atom is 0.251 e. The van der Waals surface area contributed by atoms with Crippen LogP contribution in [-0.2, 0) is 14.4 Å². The van der Waals surface area contributed by atoms with Crippen molar-refractivity contribution in [1.82, 2.24) is 15.1 Å². The summed E-state index contributed by atoms with van der Waals surface area (Å²) in [6.45, 7) is 5.51. The Bertz CT molecular complexity index is 961. The van der Waals surface area contributed by atoms with Gasteiger partial charge in [0.25, 0.3) is 5.91 Å². The number of nitrogens with two attached hydrogens (primary N) is 1. The fourth-order valence-corrected chi connectivity index (χ4v) is 4.80. The van der Waals surface area contributed by atoms with E-state index < -0.39 is 36.2 Å². The predicted octanol–water partition coefficient (Wildman–Crippen LogP) is -0.0140. The second kappa shape index (κ2) is 10.7. The van der Waals surface area contributed by atoms with Gasteiger partial charge in [-0.3, -0.25) is 19.2 Å². The lowest BCUT2D eigenvalue weighted by molar-refractivity contribution is -0.138. The van der Waals surface area contributed by atoms with Crippen molar-refractivity contribution >= 4 is 29.2 Å². The smallest absolute Gasteiger partial charge is 0.251 e. The summed E-state index contributed by atoms with van der Waals surface area (Å²) in [6.07, 6.45) is -0.194. The number of likely N-dealkylation sites (tertiary alicyclic amines) is 2. The number of hydrogen-bond acceptors (Lipinski definition) is 7. The fraction of sp³-hybridized carbons (Fsp3) is 0.600. The first-order valence-corrected chi connectivity index (χ1v) is 12.1. The normalized spacial score (nSPS) is 22.1. The molecule has 0 radical (unpaired) electrons. The molecule has 1 unspecified atom stereocenters. The van der Waals surface area contributed by atoms with Crippen LogP contribution in [0.3, 0.4) is 0 Å². The Labute approximate surface area is 206 Å². The number of nitrogens with zero attached hydrogens (tertiary/aromatic N) is 3. The fourth-order valence-electron chi connectivity index (χ4n) is 4.80. The van der Waals surface area contributed by atoms with Crippen LogP contribution in [-0.4, -0.2) is 95.9 Å². The van der Waals surface area contributed by atoms with E-state index in [0.29, 0.717) is 24.9 Å². The number of carbonyl (C=O) groups is 4. The maximum atomic E-state index is 13.6. The minimum absolute atomic E-state index is 0.125. The summed E-state index contributed by atoms with van der Waals surface area (Å²) in [5, 5.41) is 12.6. The van der Waals surface area contributed by atoms with Gasteiger partial charge in [-0.05, 0) is 49.9 Å². The zero-order valence-corrected chi connectivity index (χ0v) is 21.1. The van der Waals surface area contributed by atoms with Crippen LogP contribution in [0.5, 0.6) is 0 Å². The number of aliphatic hydroxyl groups is 1. The summed E-state index contributed by atoms with van der Waals surface area (Å²) >= 11 is 0. The molecule has 2 aliphatic rings. The number of benzene rings is 1. The molecular weight excluding hydrogens is 450 g/mol. The molecule has 0 aliphatic carbocycles. The van der Waals surface area contributed by atoms with Gasteiger partial charge in [0.2, 0.25) is 11.8 Å². The Morgan fingerprint density at radius 2 is 1.74 bits per heavy atom. The van der Waals surface area contributed by atoms with Gasteiger partial charge in [0.1, 0.15) is 18.1 Å². The largest absolute Gasteiger partial charge is 0.391 e. The molecular formula is C25H37N5O5. The quantitative estimate of drug-likeness (QED) is 0.469. The van der Waals surface area contributed by atoms with E-state index in [0.717, 1.165) is 5.69 Å². The number of hydrogen-bond donors (Lipinski definition) is 3. The summed E-state index contributed by atoms with van der Waals surface area (Å²) in [6, 6.07) is 3.92. The van der Waals surface area contributed by atoms with E-state index in [1.807, 2.05) is 45.0 Å². The molecule has 4 N–H and O–H groups in total. The molecule has 3 amide bonds. The molecule has 0 bridgehead atoms. The Morgan fingerprint density at radius 3 is 2.29 bits per heavy atom. The van der Waals surface area contributed by atoms with Crippen molar-refractivity contribution in [3.63, 3.8) is 0 Å². The highest BCUT2D eigenvalue weighted by molar-refractivity contribution is 6.01. The van der Waals surface area contributed by atoms with E-state index in [9.17, 15) is 24.3 Å². The molecule has 2 fully saturated rings. The third kappa shape index (κ3) is 5.65. The highest BCUT2D eigenvalue weighted by Gasteiger charge is 2.52. The zero-order chi connectivity index (χ0) is 26.0. The number of carbonyl (C=O) groups excluding carboxylic acids is 4. The number of nitrogens with one attached hydrogen (secondary N) is 1. The van der Waals surface area contributed by atoms with Crippen molar-refractivity contribution in [3.05, 3.63) is 29.8 Å². The molecule has 0 spiro atoms. The maximum absolute atomic E-state index is 13.6. The number of rotatable bonds is 8. The summed E-state index contributed by atoms with van der Waals surface area (Å²) < 4.78 is 0. The summed E-state index contributed by atoms with van der Waals surface area (Å²) in [5.74, 6) is -1.29. The molecule has 1 aromatic rings. The first kappa shape index (κ1) is 26.6. The molecule has 1 aromatic carbocycles. The van der Waals surface area contributed by atoms with Crippen LogP contribution in [0.2, 0.25) is 0 Å². The zero-order valence-electron chi connectivity index (χ0n) is 21.1. The molecule has 0 saturated carbocycles. The van der Waals surface area contributed by atoms with E-state index in [-0.39, 0.29) is 30.1 Å². The third-order valence-corrected chi connectivity index (χ3v) is 6.75. The lowest BCUT2D eigenvalue weighted by Gasteiger charge is -2.29. The molecule has 5 atom stereocenters. The van der Waals surface area contributed by atoms with Crippen LogP contribution in [0.15, 0.2) is 24.3 Å². The molecule has 10 heteroatoms. The van der Waals surface area contributed by atoms with E-state index in [2.05, 4.69) is 5.32 Å². The molecule has 3 rings (SSSR count). The topological polar surface area (TPSA) is 136 Å². The summed E-state index contributed by atoms with van der Waals surface area (Å²) in [5.41, 5.74) is 7.21. The van der Waals surface area contributed by atoms with Gasteiger partial charge >= 0.3 is 0 Å². The first-order valence-electron chi connectivity index (χ1n) is 12.1. The third-order valence-electron chi connectivity index (χ3n) is 6.75. The number of aliphatic hydroxyl groups excluding tert-OH is 1. The Morgan fingerprint density at radius 1 is 1.11 bits per heavy atom. The SMILES string of the molecule is CC(C)C[C@H](NC(=O)c1ccc(N(C)C)cc1)C(=O)N1CCC2[C@H]1C(=O)CN2C(=O)[C@@H](N)[C@H](C)O. The number of fused-ring (bicyclic) bond motifs is 1. The molecule has 0 aromatic heterocycles. The lowest BCUT2D eigenvalue weighted by atomic mass is 10.0. The number of Topliss-reactive ketones (excluding diaryl/α,β-unsaturated/α-hetero) is 1. The van der Waals surface area contributed by atoms with E-state index >= 15 is 0 Å². The van der Waals surface area contributed by atoms with Gasteiger partial charge in [0.15, 0.2) is 5.78 Å². The lowest BCUT2D eigenvalue weighted by Crippen LogP contribution is -2.53. The predicted molar refractivity (Wildman–Crippen MR) is 132 cm³/mol. The number of ketones is 1. The van der Waals surface area contributed by atoms with Crippen LogP contribution in [0, 0.1) is 5.92 Å². The van der Waals surface area contributed by atoms with Crippen molar-refractivity contribution in [2.75, 3.05) is 32.1 Å². The van der Waals surface area contributed by atoms with Crippen molar-refractivity contribution in [2.24, 2.45) is 11.7 Å². The van der Waals surface area contributed by atoms with Crippen LogP contribution in [0.4, 0.5) is 5.69 Å². The van der Waals surface area contributed by atoms with Crippen molar-refractivity contribution in [2.45, 2.75) is 63.9 Å². The monoisotopic (exact) mass is 487 g/mol. The van der Waals surface area contributed by atoms with Crippen molar-refractivity contribution in [3.8, 4) is 0 Å². The van der Waals surface area contributed by atoms with E-state index in [1.54, 1.807) is 12.1 Å². The van der Waals surface area contributed by atoms with Crippen LogP contribution >= 0.6 is 0 Å². The van der Waals surface area contributed by atoms with Gasteiger partial charge in [0, 0.05) is 31.9 Å². The van der Waals surface area contributed by atoms with Crippen LogP contribution in [0.1, 0.15) is 44.0 Å². The summed E-state index contributed by atoms with van der Waals surface area (Å²) in [7, 11) is 3.82. The van der Waals surface area contributed by atoms with Gasteiger partial charge < -0.3 is 30.9 Å². The Kier molecular flexibility index (Phi) is 8.17. The first-order chi connectivity index (χ1) is 16.4. The van der Waals surface area contributed by atoms with Crippen molar-refractivity contribution < 1.29 is 24.3 Å². The second-order valence-electron chi connectivity index (χ2n) is 10.1. The Hall–Kier alpha value is -2.98. The average molecular weight is 488 g/mol. The van der Waals surface area contributed by atoms with Gasteiger partial charge in [-0.15, -0.1) is 0 Å². The molecule has 10 nitrogen and oxygen atoms in total. The highest BCUT2D eigenvalue weighted by Crippen LogP contribution is 2.31. The molecule has 35 heavy (non-hydrogen) atoms. The van der Waals surface area contributed by atoms with Crippen molar-refractivity contribution in [1.29, 1.82) is 0 Å². The van der Waals surface area contributed by atoms with E-state index in [1.165, 1.54) is 16.7 Å². The van der Waals surface area contributed by atoms with Gasteiger partial charge in [0.05, 0.1) is 18.7 Å². The highest BCUT2D eigenvalue weighted by atomic mass is 16.3. The van der Waals surface area contributed by atoms with E-state index in [4.69, 9.17) is 5.73 Å². The number of anilines is 1. The van der Waals surface area contributed by atoms with Crippen LogP contribution < -0.4 is 16.0 Å². The minimum atomic E-state index is -1.13. The molecule has 2 aliphatic heterocycles. The Balaban J connectivity index is 1.76. The summed E-state index contributed by atoms with van der Waals surface area (Å²) in [4.78, 5) is 56.9. The molecule has 2 saturated heterocycles.